The molecule has 0 bridgehead atoms. The molecule has 1 aromatic heterocycles. The van der Waals surface area contributed by atoms with Crippen molar-refractivity contribution in [3.8, 4) is 0 Å². The molecule has 0 unspecified atom stereocenters. The van der Waals surface area contributed by atoms with Crippen LogP contribution < -0.4 is 5.84 Å². The minimum Gasteiger partial charge on any atom is -0.378 e. The fraction of sp³-hybridized carbons (Fsp3) is 0.667. The Hall–Kier alpha value is -0.910. The van der Waals surface area contributed by atoms with Crippen LogP contribution >= 0.6 is 0 Å². The highest BCUT2D eigenvalue weighted by Crippen LogP contribution is 2.15. The van der Waals surface area contributed by atoms with Gasteiger partial charge in [0.05, 0.1) is 31.1 Å². The van der Waals surface area contributed by atoms with Gasteiger partial charge in [-0.3, -0.25) is 10.5 Å². The van der Waals surface area contributed by atoms with E-state index < -0.39 is 0 Å². The maximum Gasteiger partial charge on any atom is 0.0902 e. The highest BCUT2D eigenvalue weighted by atomic mass is 16.5. The molecule has 2 heterocycles. The molecule has 0 spiro atoms. The first-order valence-electron chi connectivity index (χ1n) is 4.76. The fourth-order valence-electron chi connectivity index (χ4n) is 1.72. The maximum absolute atomic E-state index is 5.84. The predicted molar refractivity (Wildman–Crippen MR) is 52.1 cm³/mol. The van der Waals surface area contributed by atoms with Crippen LogP contribution in [0.25, 0.3) is 0 Å². The van der Waals surface area contributed by atoms with Gasteiger partial charge in [0.1, 0.15) is 0 Å². The molecule has 5 nitrogen and oxygen atoms in total. The van der Waals surface area contributed by atoms with E-state index in [0.29, 0.717) is 12.6 Å². The molecule has 2 N–H and O–H groups in total. The lowest BCUT2D eigenvalue weighted by atomic mass is 10.2. The molecule has 1 aliphatic heterocycles. The summed E-state index contributed by atoms with van der Waals surface area (Å²) in [6.45, 7) is 4.28. The third-order valence-electron chi connectivity index (χ3n) is 2.55. The van der Waals surface area contributed by atoms with Crippen LogP contribution in [-0.4, -0.2) is 27.9 Å². The van der Waals surface area contributed by atoms with E-state index in [1.807, 2.05) is 9.69 Å². The van der Waals surface area contributed by atoms with Crippen LogP contribution in [0.5, 0.6) is 0 Å². The lowest BCUT2D eigenvalue weighted by Gasteiger charge is -2.29. The van der Waals surface area contributed by atoms with Gasteiger partial charge in [-0.25, -0.2) is 5.01 Å². The molecule has 0 aromatic carbocycles. The van der Waals surface area contributed by atoms with Gasteiger partial charge in [0, 0.05) is 13.2 Å². The molecule has 0 aliphatic carbocycles. The van der Waals surface area contributed by atoms with Gasteiger partial charge in [-0.1, -0.05) is 0 Å². The lowest BCUT2D eigenvalue weighted by molar-refractivity contribution is 0.146. The lowest BCUT2D eigenvalue weighted by Crippen LogP contribution is -2.45. The minimum absolute atomic E-state index is 0.345. The number of aromatic nitrogens is 2. The number of hydrazine groups is 1. The molecule has 0 fully saturated rings. The highest BCUT2D eigenvalue weighted by Gasteiger charge is 2.21. The smallest absolute Gasteiger partial charge is 0.0902 e. The summed E-state index contributed by atoms with van der Waals surface area (Å²) in [5, 5.41) is 6.28. The summed E-state index contributed by atoms with van der Waals surface area (Å²) in [7, 11) is 1.68. The molecule has 2 rings (SSSR count). The van der Waals surface area contributed by atoms with Crippen LogP contribution in [0.1, 0.15) is 18.3 Å². The third-order valence-corrected chi connectivity index (χ3v) is 2.55. The Bertz CT molecular complexity index is 295. The van der Waals surface area contributed by atoms with Gasteiger partial charge in [0.25, 0.3) is 0 Å². The van der Waals surface area contributed by atoms with Crippen LogP contribution in [-0.2, 0) is 24.4 Å². The molecular weight excluding hydrogens is 180 g/mol. The summed E-state index contributed by atoms with van der Waals surface area (Å²) in [6, 6.07) is 2.40. The van der Waals surface area contributed by atoms with Crippen molar-refractivity contribution < 1.29 is 4.74 Å². The second kappa shape index (κ2) is 3.68. The van der Waals surface area contributed by atoms with Crippen LogP contribution in [0.2, 0.25) is 0 Å². The second-order valence-corrected chi connectivity index (χ2v) is 3.76. The van der Waals surface area contributed by atoms with Crippen molar-refractivity contribution in [1.82, 2.24) is 14.8 Å². The van der Waals surface area contributed by atoms with Gasteiger partial charge < -0.3 is 4.74 Å². The summed E-state index contributed by atoms with van der Waals surface area (Å²) in [5.41, 5.74) is 2.14. The minimum atomic E-state index is 0.345. The van der Waals surface area contributed by atoms with Gasteiger partial charge >= 0.3 is 0 Å². The summed E-state index contributed by atoms with van der Waals surface area (Å²) in [4.78, 5) is 0. The normalized spacial score (nSPS) is 22.4. The Labute approximate surface area is 83.4 Å². The average molecular weight is 196 g/mol. The third kappa shape index (κ3) is 1.66. The van der Waals surface area contributed by atoms with E-state index in [0.717, 1.165) is 24.5 Å². The molecular formula is C9H16N4O. The topological polar surface area (TPSA) is 56.3 Å². The second-order valence-electron chi connectivity index (χ2n) is 3.76. The van der Waals surface area contributed by atoms with Crippen LogP contribution in [0.4, 0.5) is 0 Å². The van der Waals surface area contributed by atoms with Crippen molar-refractivity contribution in [3.63, 3.8) is 0 Å². The van der Waals surface area contributed by atoms with Crippen molar-refractivity contribution in [3.05, 3.63) is 17.5 Å². The molecule has 0 radical (unpaired) electrons. The first kappa shape index (κ1) is 9.64. The summed E-state index contributed by atoms with van der Waals surface area (Å²) in [5.74, 6) is 5.84. The van der Waals surface area contributed by atoms with E-state index in [-0.39, 0.29) is 0 Å². The van der Waals surface area contributed by atoms with Crippen LogP contribution in [0.3, 0.4) is 0 Å². The number of hydrogen-bond donors (Lipinski definition) is 1. The van der Waals surface area contributed by atoms with E-state index in [9.17, 15) is 0 Å². The number of nitrogens with two attached hydrogens (primary N) is 1. The Balaban J connectivity index is 2.20. The Morgan fingerprint density at radius 1 is 1.71 bits per heavy atom. The van der Waals surface area contributed by atoms with Gasteiger partial charge in [-0.2, -0.15) is 5.10 Å². The van der Waals surface area contributed by atoms with Gasteiger partial charge in [0.2, 0.25) is 0 Å². The van der Waals surface area contributed by atoms with Gasteiger partial charge in [-0.15, -0.1) is 0 Å². The van der Waals surface area contributed by atoms with Gasteiger partial charge in [0.15, 0.2) is 0 Å². The number of methoxy groups -OCH3 is 1. The zero-order valence-electron chi connectivity index (χ0n) is 8.60. The van der Waals surface area contributed by atoms with Crippen molar-refractivity contribution >= 4 is 0 Å². The summed E-state index contributed by atoms with van der Waals surface area (Å²) < 4.78 is 7.05. The van der Waals surface area contributed by atoms with Crippen LogP contribution in [0, 0.1) is 0 Å². The van der Waals surface area contributed by atoms with Crippen molar-refractivity contribution in [1.29, 1.82) is 0 Å². The summed E-state index contributed by atoms with van der Waals surface area (Å²) in [6.07, 6.45) is 0. The maximum atomic E-state index is 5.84. The largest absolute Gasteiger partial charge is 0.378 e. The number of ether oxygens (including phenoxy) is 1. The van der Waals surface area contributed by atoms with Crippen LogP contribution in [0.15, 0.2) is 6.07 Å². The Kier molecular flexibility index (Phi) is 2.54. The molecule has 0 amide bonds. The summed E-state index contributed by atoms with van der Waals surface area (Å²) >= 11 is 0. The average Bonchev–Trinajstić information content (AvgIpc) is 2.48. The molecule has 0 saturated heterocycles. The number of nitrogens with zero attached hydrogens (tertiary/aromatic N) is 3. The molecule has 78 valence electrons. The predicted octanol–water partition coefficient (Wildman–Crippen LogP) is 0.107. The molecule has 0 saturated carbocycles. The highest BCUT2D eigenvalue weighted by molar-refractivity contribution is 5.11. The van der Waals surface area contributed by atoms with Crippen molar-refractivity contribution in [2.75, 3.05) is 7.11 Å². The fourth-order valence-corrected chi connectivity index (χ4v) is 1.72. The van der Waals surface area contributed by atoms with E-state index in [1.54, 1.807) is 7.11 Å². The number of rotatable bonds is 2. The molecule has 1 atom stereocenters. The SMILES string of the molecule is COCc1cc2n(n1)C[C@H](C)N(N)C2. The first-order valence-corrected chi connectivity index (χ1v) is 4.76. The Morgan fingerprint density at radius 3 is 3.21 bits per heavy atom. The standard InChI is InChI=1S/C9H16N4O/c1-7-4-13-9(5-12(7)10)3-8(11-13)6-14-2/h3,7H,4-6,10H2,1-2H3/t7-/m0/s1. The van der Waals surface area contributed by atoms with E-state index >= 15 is 0 Å². The van der Waals surface area contributed by atoms with Crippen molar-refractivity contribution in [2.24, 2.45) is 5.84 Å². The monoisotopic (exact) mass is 196 g/mol. The quantitative estimate of drug-likeness (QED) is 0.682. The van der Waals surface area contributed by atoms with E-state index in [2.05, 4.69) is 18.1 Å². The zero-order valence-corrected chi connectivity index (χ0v) is 8.60. The molecule has 1 aliphatic rings. The van der Waals surface area contributed by atoms with Crippen molar-refractivity contribution in [2.45, 2.75) is 32.7 Å². The number of hydrogen-bond acceptors (Lipinski definition) is 4. The first-order chi connectivity index (χ1) is 6.70. The molecule has 5 heteroatoms. The molecule has 14 heavy (non-hydrogen) atoms. The van der Waals surface area contributed by atoms with E-state index in [4.69, 9.17) is 10.6 Å². The van der Waals surface area contributed by atoms with E-state index in [1.165, 1.54) is 0 Å². The van der Waals surface area contributed by atoms with Gasteiger partial charge in [-0.05, 0) is 13.0 Å². The zero-order chi connectivity index (χ0) is 10.1. The Morgan fingerprint density at radius 2 is 2.50 bits per heavy atom. The molecule has 1 aromatic rings. The number of fused-ring (bicyclic) bond motifs is 1.